The minimum atomic E-state index is 0.233. The largest absolute Gasteiger partial charge is 0.305 e. The SMILES string of the molecule is C[C@H](NCc1ccc(C#N)s1)c1cccc(Cl)c1. The number of nitrogens with one attached hydrogen (secondary N) is 1. The normalized spacial score (nSPS) is 12.1. The molecule has 0 aliphatic carbocycles. The van der Waals surface area contributed by atoms with Crippen LogP contribution in [0.3, 0.4) is 0 Å². The van der Waals surface area contributed by atoms with E-state index in [2.05, 4.69) is 24.4 Å². The van der Waals surface area contributed by atoms with Crippen LogP contribution in [0.1, 0.15) is 28.3 Å². The van der Waals surface area contributed by atoms with Crippen molar-refractivity contribution in [2.75, 3.05) is 0 Å². The average molecular weight is 277 g/mol. The van der Waals surface area contributed by atoms with Gasteiger partial charge in [0.05, 0.1) is 0 Å². The van der Waals surface area contributed by atoms with Crippen molar-refractivity contribution in [2.24, 2.45) is 0 Å². The van der Waals surface area contributed by atoms with E-state index in [-0.39, 0.29) is 6.04 Å². The maximum atomic E-state index is 8.76. The summed E-state index contributed by atoms with van der Waals surface area (Å²) in [6, 6.07) is 14.1. The van der Waals surface area contributed by atoms with E-state index in [4.69, 9.17) is 16.9 Å². The molecule has 1 atom stereocenters. The van der Waals surface area contributed by atoms with Crippen LogP contribution in [-0.4, -0.2) is 0 Å². The summed E-state index contributed by atoms with van der Waals surface area (Å²) >= 11 is 7.49. The smallest absolute Gasteiger partial charge is 0.110 e. The first-order chi connectivity index (χ1) is 8.69. The van der Waals surface area contributed by atoms with E-state index >= 15 is 0 Å². The fraction of sp³-hybridized carbons (Fsp3) is 0.214. The monoisotopic (exact) mass is 276 g/mol. The minimum absolute atomic E-state index is 0.233. The highest BCUT2D eigenvalue weighted by molar-refractivity contribution is 7.12. The molecule has 0 saturated heterocycles. The molecule has 0 unspecified atom stereocenters. The first-order valence-electron chi connectivity index (χ1n) is 5.66. The minimum Gasteiger partial charge on any atom is -0.305 e. The van der Waals surface area contributed by atoms with Crippen molar-refractivity contribution in [1.82, 2.24) is 5.32 Å². The van der Waals surface area contributed by atoms with Crippen LogP contribution in [0, 0.1) is 11.3 Å². The van der Waals surface area contributed by atoms with Gasteiger partial charge < -0.3 is 5.32 Å². The van der Waals surface area contributed by atoms with Gasteiger partial charge in [-0.1, -0.05) is 23.7 Å². The molecule has 2 rings (SSSR count). The van der Waals surface area contributed by atoms with Gasteiger partial charge in [0.1, 0.15) is 10.9 Å². The molecular formula is C14H13ClN2S. The average Bonchev–Trinajstić information content (AvgIpc) is 2.84. The highest BCUT2D eigenvalue weighted by atomic mass is 35.5. The van der Waals surface area contributed by atoms with Crippen molar-refractivity contribution in [2.45, 2.75) is 19.5 Å². The van der Waals surface area contributed by atoms with Crippen LogP contribution in [0.2, 0.25) is 5.02 Å². The Morgan fingerprint density at radius 1 is 1.39 bits per heavy atom. The van der Waals surface area contributed by atoms with Crippen molar-refractivity contribution < 1.29 is 0 Å². The lowest BCUT2D eigenvalue weighted by molar-refractivity contribution is 0.579. The van der Waals surface area contributed by atoms with Gasteiger partial charge in [-0.15, -0.1) is 11.3 Å². The fourth-order valence-electron chi connectivity index (χ4n) is 1.68. The maximum absolute atomic E-state index is 8.76. The highest BCUT2D eigenvalue weighted by Crippen LogP contribution is 2.19. The summed E-state index contributed by atoms with van der Waals surface area (Å²) < 4.78 is 0. The van der Waals surface area contributed by atoms with Crippen LogP contribution in [0.4, 0.5) is 0 Å². The molecule has 2 nitrogen and oxygen atoms in total. The lowest BCUT2D eigenvalue weighted by atomic mass is 10.1. The zero-order valence-electron chi connectivity index (χ0n) is 9.98. The van der Waals surface area contributed by atoms with Crippen LogP contribution in [0.25, 0.3) is 0 Å². The second-order valence-corrected chi connectivity index (χ2v) is 5.64. The summed E-state index contributed by atoms with van der Waals surface area (Å²) in [6.45, 7) is 2.87. The van der Waals surface area contributed by atoms with Gasteiger partial charge in [-0.2, -0.15) is 5.26 Å². The molecule has 1 aromatic heterocycles. The summed E-state index contributed by atoms with van der Waals surface area (Å²) in [4.78, 5) is 1.92. The summed E-state index contributed by atoms with van der Waals surface area (Å²) in [5.41, 5.74) is 1.17. The van der Waals surface area contributed by atoms with Gasteiger partial charge in [0.15, 0.2) is 0 Å². The topological polar surface area (TPSA) is 35.8 Å². The second-order valence-electron chi connectivity index (χ2n) is 4.04. The Labute approximate surface area is 116 Å². The third-order valence-corrected chi connectivity index (χ3v) is 3.93. The maximum Gasteiger partial charge on any atom is 0.110 e. The molecule has 18 heavy (non-hydrogen) atoms. The Hall–Kier alpha value is -1.34. The summed E-state index contributed by atoms with van der Waals surface area (Å²) in [5.74, 6) is 0. The molecule has 1 N–H and O–H groups in total. The predicted octanol–water partition coefficient (Wildman–Crippen LogP) is 4.12. The van der Waals surface area contributed by atoms with Gasteiger partial charge in [0.25, 0.3) is 0 Å². The molecule has 0 fully saturated rings. The molecule has 0 radical (unpaired) electrons. The molecule has 0 amide bonds. The van der Waals surface area contributed by atoms with Crippen LogP contribution < -0.4 is 5.32 Å². The number of thiophene rings is 1. The summed E-state index contributed by atoms with van der Waals surface area (Å²) in [7, 11) is 0. The molecule has 0 aliphatic rings. The van der Waals surface area contributed by atoms with Crippen LogP contribution in [0.15, 0.2) is 36.4 Å². The Bertz CT molecular complexity index is 571. The molecule has 0 saturated carbocycles. The van der Waals surface area contributed by atoms with Gasteiger partial charge in [-0.3, -0.25) is 0 Å². The Balaban J connectivity index is 1.96. The van der Waals surface area contributed by atoms with E-state index in [1.54, 1.807) is 0 Å². The summed E-state index contributed by atoms with van der Waals surface area (Å²) in [5, 5.41) is 12.9. The third-order valence-electron chi connectivity index (χ3n) is 2.70. The first-order valence-corrected chi connectivity index (χ1v) is 6.86. The molecule has 92 valence electrons. The standard InChI is InChI=1S/C14H13ClN2S/c1-10(11-3-2-4-12(15)7-11)17-9-14-6-5-13(8-16)18-14/h2-7,10,17H,9H2,1H3/t10-/m0/s1. The molecule has 1 heterocycles. The van der Waals surface area contributed by atoms with Crippen molar-refractivity contribution in [1.29, 1.82) is 5.26 Å². The molecule has 0 spiro atoms. The molecule has 0 aliphatic heterocycles. The predicted molar refractivity (Wildman–Crippen MR) is 75.7 cm³/mol. The molecule has 2 aromatic rings. The van der Waals surface area contributed by atoms with Crippen LogP contribution in [0.5, 0.6) is 0 Å². The van der Waals surface area contributed by atoms with E-state index in [0.717, 1.165) is 16.4 Å². The summed E-state index contributed by atoms with van der Waals surface area (Å²) in [6.07, 6.45) is 0. The lowest BCUT2D eigenvalue weighted by Crippen LogP contribution is -2.17. The van der Waals surface area contributed by atoms with Gasteiger partial charge >= 0.3 is 0 Å². The quantitative estimate of drug-likeness (QED) is 0.912. The van der Waals surface area contributed by atoms with Crippen LogP contribution >= 0.6 is 22.9 Å². The number of hydrogen-bond acceptors (Lipinski definition) is 3. The van der Waals surface area contributed by atoms with E-state index in [1.807, 2.05) is 30.3 Å². The number of hydrogen-bond donors (Lipinski definition) is 1. The van der Waals surface area contributed by atoms with E-state index in [1.165, 1.54) is 21.8 Å². The number of nitrogens with zero attached hydrogens (tertiary/aromatic N) is 1. The van der Waals surface area contributed by atoms with Gasteiger partial charge in [-0.25, -0.2) is 0 Å². The molecule has 0 bridgehead atoms. The third kappa shape index (κ3) is 3.33. The molecule has 4 heteroatoms. The number of nitriles is 1. The Kier molecular flexibility index (Phi) is 4.38. The number of benzene rings is 1. The van der Waals surface area contributed by atoms with Crippen molar-refractivity contribution in [3.05, 3.63) is 56.7 Å². The first kappa shape index (κ1) is 13.1. The van der Waals surface area contributed by atoms with Gasteiger partial charge in [0.2, 0.25) is 0 Å². The van der Waals surface area contributed by atoms with Crippen molar-refractivity contribution >= 4 is 22.9 Å². The molecule has 1 aromatic carbocycles. The lowest BCUT2D eigenvalue weighted by Gasteiger charge is -2.13. The van der Waals surface area contributed by atoms with Crippen molar-refractivity contribution in [3.8, 4) is 6.07 Å². The van der Waals surface area contributed by atoms with Gasteiger partial charge in [-0.05, 0) is 36.8 Å². The number of rotatable bonds is 4. The highest BCUT2D eigenvalue weighted by Gasteiger charge is 2.06. The Morgan fingerprint density at radius 3 is 2.89 bits per heavy atom. The number of halogens is 1. The fourth-order valence-corrected chi connectivity index (χ4v) is 2.63. The second kappa shape index (κ2) is 6.01. The zero-order valence-corrected chi connectivity index (χ0v) is 11.6. The van der Waals surface area contributed by atoms with Gasteiger partial charge in [0, 0.05) is 22.5 Å². The van der Waals surface area contributed by atoms with Crippen LogP contribution in [-0.2, 0) is 6.54 Å². The Morgan fingerprint density at radius 2 is 2.22 bits per heavy atom. The van der Waals surface area contributed by atoms with E-state index < -0.39 is 0 Å². The molecular weight excluding hydrogens is 264 g/mol. The zero-order chi connectivity index (χ0) is 13.0. The van der Waals surface area contributed by atoms with E-state index in [9.17, 15) is 0 Å². The van der Waals surface area contributed by atoms with Crippen molar-refractivity contribution in [3.63, 3.8) is 0 Å². The van der Waals surface area contributed by atoms with E-state index in [0.29, 0.717) is 0 Å².